The van der Waals surface area contributed by atoms with Gasteiger partial charge in [-0.15, -0.1) is 0 Å². The predicted molar refractivity (Wildman–Crippen MR) is 45.3 cm³/mol. The number of ether oxygens (including phenoxy) is 1. The summed E-state index contributed by atoms with van der Waals surface area (Å²) < 4.78 is 5.17. The molecule has 0 fully saturated rings. The van der Waals surface area contributed by atoms with E-state index in [0.717, 1.165) is 11.6 Å². The summed E-state index contributed by atoms with van der Waals surface area (Å²) in [5.74, 6) is -0.453. The van der Waals surface area contributed by atoms with Gasteiger partial charge in [-0.05, 0) is 12.1 Å². The Morgan fingerprint density at radius 3 is 3.31 bits per heavy atom. The van der Waals surface area contributed by atoms with Gasteiger partial charge in [0.1, 0.15) is 6.61 Å². The summed E-state index contributed by atoms with van der Waals surface area (Å²) >= 11 is 0. The lowest BCUT2D eigenvalue weighted by molar-refractivity contribution is -0.131. The molecule has 0 saturated carbocycles. The molecular formula is C9H7NO3. The second kappa shape index (κ2) is 2.90. The average Bonchev–Trinajstić information content (AvgIpc) is 2.48. The van der Waals surface area contributed by atoms with Crippen molar-refractivity contribution in [1.82, 2.24) is 4.98 Å². The number of hydrogen-bond acceptors (Lipinski definition) is 3. The van der Waals surface area contributed by atoms with Crippen LogP contribution in [0.25, 0.3) is 5.57 Å². The Balaban J connectivity index is 2.44. The van der Waals surface area contributed by atoms with E-state index < -0.39 is 5.97 Å². The summed E-state index contributed by atoms with van der Waals surface area (Å²) in [5, 5.41) is 8.55. The fraction of sp³-hybridized carbons (Fsp3) is 0.111. The Morgan fingerprint density at radius 1 is 1.69 bits per heavy atom. The number of fused-ring (bicyclic) bond motifs is 1. The number of aromatic nitrogens is 1. The molecule has 1 N–H and O–H groups in total. The van der Waals surface area contributed by atoms with Gasteiger partial charge in [0, 0.05) is 23.4 Å². The van der Waals surface area contributed by atoms with Crippen molar-refractivity contribution in [2.24, 2.45) is 0 Å². The minimum absolute atomic E-state index is 0.290. The van der Waals surface area contributed by atoms with Gasteiger partial charge in [0.15, 0.2) is 0 Å². The van der Waals surface area contributed by atoms with E-state index in [1.165, 1.54) is 0 Å². The topological polar surface area (TPSA) is 59.4 Å². The number of pyridine rings is 1. The van der Waals surface area contributed by atoms with Gasteiger partial charge in [-0.2, -0.15) is 0 Å². The molecule has 1 aliphatic heterocycles. The van der Waals surface area contributed by atoms with Crippen LogP contribution >= 0.6 is 0 Å². The lowest BCUT2D eigenvalue weighted by Crippen LogP contribution is -1.93. The van der Waals surface area contributed by atoms with Crippen LogP contribution in [-0.4, -0.2) is 22.7 Å². The molecule has 0 unspecified atom stereocenters. The lowest BCUT2D eigenvalue weighted by Gasteiger charge is -1.92. The smallest absolute Gasteiger partial charge is 0.328 e. The molecule has 1 aliphatic rings. The van der Waals surface area contributed by atoms with Crippen LogP contribution < -0.4 is 4.74 Å². The molecule has 0 atom stereocenters. The molecule has 2 heterocycles. The highest BCUT2D eigenvalue weighted by atomic mass is 16.5. The van der Waals surface area contributed by atoms with E-state index in [0.29, 0.717) is 18.1 Å². The fourth-order valence-electron chi connectivity index (χ4n) is 1.24. The molecule has 0 amide bonds. The van der Waals surface area contributed by atoms with Crippen LogP contribution in [0.15, 0.2) is 24.4 Å². The van der Waals surface area contributed by atoms with Crippen LogP contribution in [0.4, 0.5) is 0 Å². The molecule has 2 rings (SSSR count). The number of nitrogens with zero attached hydrogens (tertiary/aromatic N) is 1. The summed E-state index contributed by atoms with van der Waals surface area (Å²) in [6.45, 7) is 0.290. The molecule has 0 radical (unpaired) electrons. The Morgan fingerprint density at radius 2 is 2.54 bits per heavy atom. The van der Waals surface area contributed by atoms with Crippen LogP contribution in [0.3, 0.4) is 0 Å². The summed E-state index contributed by atoms with van der Waals surface area (Å²) in [6, 6.07) is 3.55. The van der Waals surface area contributed by atoms with E-state index in [1.807, 2.05) is 0 Å². The maximum Gasteiger partial charge on any atom is 0.328 e. The molecular weight excluding hydrogens is 170 g/mol. The molecule has 0 aromatic carbocycles. The van der Waals surface area contributed by atoms with Crippen LogP contribution in [0.2, 0.25) is 0 Å². The van der Waals surface area contributed by atoms with Crippen LogP contribution in [0.5, 0.6) is 5.88 Å². The average molecular weight is 177 g/mol. The number of carboxylic acid groups (broad SMARTS) is 1. The first kappa shape index (κ1) is 7.79. The first-order chi connectivity index (χ1) is 6.27. The second-order valence-electron chi connectivity index (χ2n) is 2.65. The van der Waals surface area contributed by atoms with E-state index in [4.69, 9.17) is 9.84 Å². The van der Waals surface area contributed by atoms with Crippen molar-refractivity contribution < 1.29 is 14.6 Å². The second-order valence-corrected chi connectivity index (χ2v) is 2.65. The maximum absolute atomic E-state index is 10.4. The van der Waals surface area contributed by atoms with E-state index >= 15 is 0 Å². The quantitative estimate of drug-likeness (QED) is 0.648. The van der Waals surface area contributed by atoms with Gasteiger partial charge in [-0.25, -0.2) is 9.78 Å². The molecule has 4 heteroatoms. The van der Waals surface area contributed by atoms with E-state index in [-0.39, 0.29) is 0 Å². The summed E-state index contributed by atoms with van der Waals surface area (Å²) in [6.07, 6.45) is 2.76. The predicted octanol–water partition coefficient (Wildman–Crippen LogP) is 0.942. The first-order valence-corrected chi connectivity index (χ1v) is 3.79. The standard InChI is InChI=1S/C9H7NO3/c11-8(12)4-6-5-13-9-7(6)2-1-3-10-9/h1-4H,5H2,(H,11,12)/b6-4+. The highest BCUT2D eigenvalue weighted by molar-refractivity contribution is 5.92. The zero-order chi connectivity index (χ0) is 9.26. The molecule has 4 nitrogen and oxygen atoms in total. The normalized spacial score (nSPS) is 16.8. The van der Waals surface area contributed by atoms with Gasteiger partial charge < -0.3 is 9.84 Å². The SMILES string of the molecule is O=C(O)/C=C1\COc2ncccc21. The van der Waals surface area contributed by atoms with Crippen LogP contribution in [0, 0.1) is 0 Å². The van der Waals surface area contributed by atoms with Crippen LogP contribution in [-0.2, 0) is 4.79 Å². The third-order valence-electron chi connectivity index (χ3n) is 1.78. The van der Waals surface area contributed by atoms with Crippen molar-refractivity contribution in [2.45, 2.75) is 0 Å². The monoisotopic (exact) mass is 177 g/mol. The van der Waals surface area contributed by atoms with Gasteiger partial charge in [0.2, 0.25) is 5.88 Å². The Kier molecular flexibility index (Phi) is 1.73. The van der Waals surface area contributed by atoms with E-state index in [9.17, 15) is 4.79 Å². The molecule has 0 aliphatic carbocycles. The maximum atomic E-state index is 10.4. The molecule has 13 heavy (non-hydrogen) atoms. The molecule has 0 spiro atoms. The van der Waals surface area contributed by atoms with E-state index in [2.05, 4.69) is 4.98 Å². The molecule has 1 aromatic rings. The van der Waals surface area contributed by atoms with Crippen molar-refractivity contribution in [3.63, 3.8) is 0 Å². The zero-order valence-corrected chi connectivity index (χ0v) is 6.73. The molecule has 0 saturated heterocycles. The van der Waals surface area contributed by atoms with Crippen molar-refractivity contribution in [3.05, 3.63) is 30.0 Å². The minimum Gasteiger partial charge on any atom is -0.478 e. The number of rotatable bonds is 1. The number of carboxylic acids is 1. The summed E-state index contributed by atoms with van der Waals surface area (Å²) in [5.41, 5.74) is 1.43. The Labute approximate surface area is 74.5 Å². The minimum atomic E-state index is -0.963. The van der Waals surface area contributed by atoms with Gasteiger partial charge in [0.25, 0.3) is 0 Å². The number of aliphatic carboxylic acids is 1. The van der Waals surface area contributed by atoms with Crippen molar-refractivity contribution in [1.29, 1.82) is 0 Å². The van der Waals surface area contributed by atoms with Crippen molar-refractivity contribution in [3.8, 4) is 5.88 Å². The van der Waals surface area contributed by atoms with Gasteiger partial charge in [0.05, 0.1) is 0 Å². The molecule has 1 aromatic heterocycles. The largest absolute Gasteiger partial charge is 0.478 e. The number of hydrogen-bond donors (Lipinski definition) is 1. The van der Waals surface area contributed by atoms with Crippen molar-refractivity contribution in [2.75, 3.05) is 6.61 Å². The van der Waals surface area contributed by atoms with E-state index in [1.54, 1.807) is 18.3 Å². The third kappa shape index (κ3) is 1.38. The molecule has 0 bridgehead atoms. The van der Waals surface area contributed by atoms with Gasteiger partial charge >= 0.3 is 5.97 Å². The highest BCUT2D eigenvalue weighted by Gasteiger charge is 2.18. The van der Waals surface area contributed by atoms with Gasteiger partial charge in [-0.1, -0.05) is 0 Å². The Bertz CT molecular complexity index is 384. The summed E-state index contributed by atoms with van der Waals surface area (Å²) in [4.78, 5) is 14.4. The highest BCUT2D eigenvalue weighted by Crippen LogP contribution is 2.29. The Hall–Kier alpha value is -1.84. The van der Waals surface area contributed by atoms with Crippen LogP contribution in [0.1, 0.15) is 5.56 Å². The van der Waals surface area contributed by atoms with Crippen molar-refractivity contribution >= 4 is 11.5 Å². The van der Waals surface area contributed by atoms with Gasteiger partial charge in [-0.3, -0.25) is 0 Å². The fourth-order valence-corrected chi connectivity index (χ4v) is 1.24. The molecule has 66 valence electrons. The zero-order valence-electron chi connectivity index (χ0n) is 6.73. The third-order valence-corrected chi connectivity index (χ3v) is 1.78. The first-order valence-electron chi connectivity index (χ1n) is 3.79. The summed E-state index contributed by atoms with van der Waals surface area (Å²) in [7, 11) is 0. The number of carbonyl (C=O) groups is 1. The lowest BCUT2D eigenvalue weighted by atomic mass is 10.1.